The summed E-state index contributed by atoms with van der Waals surface area (Å²) in [7, 11) is 3.20. The number of carbonyl (C=O) groups excluding carboxylic acids is 3. The zero-order valence-corrected chi connectivity index (χ0v) is 13.6. The lowest BCUT2D eigenvalue weighted by atomic mass is 9.90. The number of fused-ring (bicyclic) bond motifs is 1. The van der Waals surface area contributed by atoms with Gasteiger partial charge in [-0.05, 0) is 48.9 Å². The van der Waals surface area contributed by atoms with Gasteiger partial charge in [-0.2, -0.15) is 0 Å². The molecule has 0 radical (unpaired) electrons. The van der Waals surface area contributed by atoms with Crippen LogP contribution in [0.15, 0.2) is 18.2 Å². The van der Waals surface area contributed by atoms with Crippen LogP contribution in [0.4, 0.5) is 0 Å². The molecule has 2 amide bonds. The van der Waals surface area contributed by atoms with Crippen molar-refractivity contribution in [2.45, 2.75) is 25.7 Å². The first-order valence-electron chi connectivity index (χ1n) is 7.73. The van der Waals surface area contributed by atoms with E-state index in [1.54, 1.807) is 20.2 Å². The molecule has 124 valence electrons. The second-order valence-corrected chi connectivity index (χ2v) is 5.83. The van der Waals surface area contributed by atoms with Crippen LogP contribution in [0.1, 0.15) is 34.3 Å². The molecule has 0 heterocycles. The van der Waals surface area contributed by atoms with Crippen LogP contribution in [-0.4, -0.2) is 49.9 Å². The van der Waals surface area contributed by atoms with E-state index in [0.29, 0.717) is 5.56 Å². The fourth-order valence-electron chi connectivity index (χ4n) is 2.46. The summed E-state index contributed by atoms with van der Waals surface area (Å²) < 4.78 is 5.00. The van der Waals surface area contributed by atoms with Crippen molar-refractivity contribution in [1.29, 1.82) is 0 Å². The zero-order chi connectivity index (χ0) is 16.8. The quantitative estimate of drug-likeness (QED) is 0.819. The SMILES string of the molecule is CN(C)C(=O)CNC(=O)COC(=O)c1ccc2c(c1)CCCC2. The largest absolute Gasteiger partial charge is 0.452 e. The summed E-state index contributed by atoms with van der Waals surface area (Å²) >= 11 is 0. The second-order valence-electron chi connectivity index (χ2n) is 5.83. The molecule has 1 aliphatic carbocycles. The zero-order valence-electron chi connectivity index (χ0n) is 13.6. The maximum atomic E-state index is 12.0. The first-order valence-corrected chi connectivity index (χ1v) is 7.73. The summed E-state index contributed by atoms with van der Waals surface area (Å²) in [6.07, 6.45) is 4.34. The van der Waals surface area contributed by atoms with Gasteiger partial charge >= 0.3 is 5.97 Å². The Morgan fingerprint density at radius 3 is 2.52 bits per heavy atom. The first kappa shape index (κ1) is 17.0. The molecule has 0 unspecified atom stereocenters. The minimum absolute atomic E-state index is 0.109. The number of carbonyl (C=O) groups is 3. The minimum Gasteiger partial charge on any atom is -0.452 e. The number of aryl methyl sites for hydroxylation is 2. The molecule has 23 heavy (non-hydrogen) atoms. The molecule has 6 heteroatoms. The van der Waals surface area contributed by atoms with Gasteiger partial charge < -0.3 is 15.0 Å². The van der Waals surface area contributed by atoms with E-state index in [2.05, 4.69) is 5.32 Å². The Morgan fingerprint density at radius 2 is 1.83 bits per heavy atom. The van der Waals surface area contributed by atoms with E-state index in [4.69, 9.17) is 4.74 Å². The molecule has 1 aromatic carbocycles. The molecule has 2 rings (SSSR count). The smallest absolute Gasteiger partial charge is 0.338 e. The Hall–Kier alpha value is -2.37. The van der Waals surface area contributed by atoms with Crippen LogP contribution in [0.25, 0.3) is 0 Å². The monoisotopic (exact) mass is 318 g/mol. The van der Waals surface area contributed by atoms with Crippen LogP contribution in [0, 0.1) is 0 Å². The van der Waals surface area contributed by atoms with Crippen molar-refractivity contribution in [1.82, 2.24) is 10.2 Å². The maximum absolute atomic E-state index is 12.0. The van der Waals surface area contributed by atoms with Crippen molar-refractivity contribution in [3.05, 3.63) is 34.9 Å². The standard InChI is InChI=1S/C17H22N2O4/c1-19(2)16(21)10-18-15(20)11-23-17(22)14-8-7-12-5-3-4-6-13(12)9-14/h7-9H,3-6,10-11H2,1-2H3,(H,18,20). The second kappa shape index (κ2) is 7.76. The molecule has 1 aliphatic rings. The van der Waals surface area contributed by atoms with Crippen molar-refractivity contribution in [2.75, 3.05) is 27.2 Å². The number of esters is 1. The highest BCUT2D eigenvalue weighted by molar-refractivity contribution is 5.92. The number of ether oxygens (including phenoxy) is 1. The Bertz CT molecular complexity index is 611. The molecule has 0 aromatic heterocycles. The lowest BCUT2D eigenvalue weighted by molar-refractivity contribution is -0.131. The van der Waals surface area contributed by atoms with Gasteiger partial charge in [-0.15, -0.1) is 0 Å². The van der Waals surface area contributed by atoms with E-state index < -0.39 is 18.5 Å². The topological polar surface area (TPSA) is 75.7 Å². The van der Waals surface area contributed by atoms with E-state index in [9.17, 15) is 14.4 Å². The molecule has 0 saturated heterocycles. The summed E-state index contributed by atoms with van der Waals surface area (Å²) in [6, 6.07) is 5.55. The third-order valence-corrected chi connectivity index (χ3v) is 3.85. The average Bonchev–Trinajstić information content (AvgIpc) is 2.56. The number of amides is 2. The van der Waals surface area contributed by atoms with Crippen molar-refractivity contribution in [3.8, 4) is 0 Å². The number of hydrogen-bond acceptors (Lipinski definition) is 4. The lowest BCUT2D eigenvalue weighted by Gasteiger charge is -2.16. The molecule has 0 aliphatic heterocycles. The van der Waals surface area contributed by atoms with Crippen LogP contribution in [-0.2, 0) is 27.2 Å². The van der Waals surface area contributed by atoms with Crippen LogP contribution >= 0.6 is 0 Å². The molecule has 0 atom stereocenters. The number of benzene rings is 1. The fraction of sp³-hybridized carbons (Fsp3) is 0.471. The Morgan fingerprint density at radius 1 is 1.13 bits per heavy atom. The van der Waals surface area contributed by atoms with Gasteiger partial charge in [0.25, 0.3) is 5.91 Å². The normalized spacial score (nSPS) is 13.0. The van der Waals surface area contributed by atoms with E-state index in [-0.39, 0.29) is 12.5 Å². The predicted molar refractivity (Wildman–Crippen MR) is 85.1 cm³/mol. The van der Waals surface area contributed by atoms with Gasteiger partial charge in [0.1, 0.15) is 0 Å². The maximum Gasteiger partial charge on any atom is 0.338 e. The lowest BCUT2D eigenvalue weighted by Crippen LogP contribution is -2.38. The molecule has 0 saturated carbocycles. The Labute approximate surface area is 135 Å². The average molecular weight is 318 g/mol. The van der Waals surface area contributed by atoms with Gasteiger partial charge in [0, 0.05) is 14.1 Å². The highest BCUT2D eigenvalue weighted by Gasteiger charge is 2.15. The molecule has 0 spiro atoms. The van der Waals surface area contributed by atoms with Gasteiger partial charge in [0.15, 0.2) is 6.61 Å². The van der Waals surface area contributed by atoms with E-state index >= 15 is 0 Å². The summed E-state index contributed by atoms with van der Waals surface area (Å²) in [5.41, 5.74) is 2.93. The van der Waals surface area contributed by atoms with Crippen molar-refractivity contribution in [3.63, 3.8) is 0 Å². The van der Waals surface area contributed by atoms with Gasteiger partial charge in [0.2, 0.25) is 5.91 Å². The van der Waals surface area contributed by atoms with Crippen molar-refractivity contribution < 1.29 is 19.1 Å². The number of nitrogens with zero attached hydrogens (tertiary/aromatic N) is 1. The highest BCUT2D eigenvalue weighted by Crippen LogP contribution is 2.22. The third kappa shape index (κ3) is 4.81. The van der Waals surface area contributed by atoms with Crippen LogP contribution in [0.2, 0.25) is 0 Å². The van der Waals surface area contributed by atoms with Crippen LogP contribution in [0.5, 0.6) is 0 Å². The van der Waals surface area contributed by atoms with E-state index in [0.717, 1.165) is 19.3 Å². The summed E-state index contributed by atoms with van der Waals surface area (Å²) in [5.74, 6) is -1.24. The fourth-order valence-corrected chi connectivity index (χ4v) is 2.46. The molecule has 1 aromatic rings. The molecular weight excluding hydrogens is 296 g/mol. The molecule has 0 bridgehead atoms. The van der Waals surface area contributed by atoms with E-state index in [1.807, 2.05) is 12.1 Å². The van der Waals surface area contributed by atoms with Gasteiger partial charge in [0.05, 0.1) is 12.1 Å². The summed E-state index contributed by atoms with van der Waals surface area (Å²) in [6.45, 7) is -0.501. The number of nitrogens with one attached hydrogen (secondary N) is 1. The molecular formula is C17H22N2O4. The van der Waals surface area contributed by atoms with Gasteiger partial charge in [-0.25, -0.2) is 4.79 Å². The van der Waals surface area contributed by atoms with Gasteiger partial charge in [-0.3, -0.25) is 9.59 Å². The first-order chi connectivity index (χ1) is 11.0. The van der Waals surface area contributed by atoms with Crippen molar-refractivity contribution >= 4 is 17.8 Å². The number of likely N-dealkylation sites (N-methyl/N-ethyl adjacent to an activating group) is 1. The van der Waals surface area contributed by atoms with Gasteiger partial charge in [-0.1, -0.05) is 6.07 Å². The summed E-state index contributed by atoms with van der Waals surface area (Å²) in [5, 5.41) is 2.41. The molecule has 6 nitrogen and oxygen atoms in total. The van der Waals surface area contributed by atoms with Crippen molar-refractivity contribution in [2.24, 2.45) is 0 Å². The predicted octanol–water partition coefficient (Wildman–Crippen LogP) is 0.927. The third-order valence-electron chi connectivity index (χ3n) is 3.85. The molecule has 0 fully saturated rings. The number of hydrogen-bond donors (Lipinski definition) is 1. The Balaban J connectivity index is 1.82. The highest BCUT2D eigenvalue weighted by atomic mass is 16.5. The Kier molecular flexibility index (Phi) is 5.73. The minimum atomic E-state index is -0.521. The van der Waals surface area contributed by atoms with Crippen LogP contribution in [0.3, 0.4) is 0 Å². The van der Waals surface area contributed by atoms with E-state index in [1.165, 1.54) is 22.4 Å². The number of rotatable bonds is 5. The summed E-state index contributed by atoms with van der Waals surface area (Å²) in [4.78, 5) is 36.3. The van der Waals surface area contributed by atoms with Crippen LogP contribution < -0.4 is 5.32 Å². The molecule has 1 N–H and O–H groups in total.